The molecule has 0 aromatic heterocycles. The van der Waals surface area contributed by atoms with Crippen molar-refractivity contribution >= 4 is 29.1 Å². The molecule has 0 saturated heterocycles. The monoisotopic (exact) mass is 519 g/mol. The second kappa shape index (κ2) is 12.5. The van der Waals surface area contributed by atoms with Crippen LogP contribution in [0.4, 0.5) is 21.9 Å². The van der Waals surface area contributed by atoms with E-state index in [1.165, 1.54) is 25.3 Å². The Bertz CT molecular complexity index is 1290. The number of carbonyl (C=O) groups excluding carboxylic acids is 2. The molecule has 10 heteroatoms. The SMILES string of the molecule is CO[C@H](CC/C=C/C(=O)Nc1ccccc1N)[C@H](OC(=O)Nc1ccc2c(c1)OCO2)c1ccc(O)cc1. The number of ether oxygens (including phenoxy) is 4. The van der Waals surface area contributed by atoms with E-state index in [9.17, 15) is 14.7 Å². The van der Waals surface area contributed by atoms with Crippen molar-refractivity contribution in [1.29, 1.82) is 0 Å². The van der Waals surface area contributed by atoms with Gasteiger partial charge in [0.25, 0.3) is 0 Å². The number of carbonyl (C=O) groups is 2. The Morgan fingerprint density at radius 1 is 1.05 bits per heavy atom. The van der Waals surface area contributed by atoms with Crippen LogP contribution in [-0.2, 0) is 14.3 Å². The number of nitrogen functional groups attached to an aromatic ring is 1. The van der Waals surface area contributed by atoms with Gasteiger partial charge < -0.3 is 35.1 Å². The van der Waals surface area contributed by atoms with Gasteiger partial charge in [0.2, 0.25) is 12.7 Å². The summed E-state index contributed by atoms with van der Waals surface area (Å²) in [6, 6.07) is 18.3. The van der Waals surface area contributed by atoms with E-state index in [2.05, 4.69) is 10.6 Å². The van der Waals surface area contributed by atoms with Crippen LogP contribution in [0.5, 0.6) is 17.2 Å². The van der Waals surface area contributed by atoms with Crippen LogP contribution in [0.15, 0.2) is 78.9 Å². The molecule has 198 valence electrons. The van der Waals surface area contributed by atoms with Crippen molar-refractivity contribution in [3.8, 4) is 17.2 Å². The van der Waals surface area contributed by atoms with E-state index in [1.54, 1.807) is 60.7 Å². The molecule has 1 heterocycles. The third kappa shape index (κ3) is 6.95. The zero-order valence-corrected chi connectivity index (χ0v) is 20.8. The molecule has 5 N–H and O–H groups in total. The number of allylic oxidation sites excluding steroid dienone is 1. The topological polar surface area (TPSA) is 141 Å². The van der Waals surface area contributed by atoms with Gasteiger partial charge in [-0.25, -0.2) is 4.79 Å². The Morgan fingerprint density at radius 2 is 1.82 bits per heavy atom. The molecule has 3 aromatic rings. The lowest BCUT2D eigenvalue weighted by atomic mass is 10.00. The van der Waals surface area contributed by atoms with E-state index in [1.807, 2.05) is 0 Å². The molecule has 0 saturated carbocycles. The Hall–Kier alpha value is -4.70. The molecule has 1 aliphatic heterocycles. The molecule has 0 bridgehead atoms. The molecule has 0 fully saturated rings. The van der Waals surface area contributed by atoms with Gasteiger partial charge in [-0.2, -0.15) is 0 Å². The van der Waals surface area contributed by atoms with E-state index in [0.29, 0.717) is 47.0 Å². The Labute approximate surface area is 220 Å². The van der Waals surface area contributed by atoms with Crippen LogP contribution < -0.4 is 25.8 Å². The van der Waals surface area contributed by atoms with Crippen LogP contribution in [0, 0.1) is 0 Å². The summed E-state index contributed by atoms with van der Waals surface area (Å²) in [5, 5.41) is 15.1. The van der Waals surface area contributed by atoms with E-state index >= 15 is 0 Å². The predicted molar refractivity (Wildman–Crippen MR) is 142 cm³/mol. The van der Waals surface area contributed by atoms with Crippen molar-refractivity contribution in [3.05, 3.63) is 84.4 Å². The average molecular weight is 520 g/mol. The fraction of sp³-hybridized carbons (Fsp3) is 0.214. The highest BCUT2D eigenvalue weighted by Crippen LogP contribution is 2.35. The quantitative estimate of drug-likeness (QED) is 0.217. The minimum absolute atomic E-state index is 0.0827. The third-order valence-corrected chi connectivity index (χ3v) is 5.82. The fourth-order valence-electron chi connectivity index (χ4n) is 3.89. The number of para-hydroxylation sites is 2. The maximum atomic E-state index is 12.8. The van der Waals surface area contributed by atoms with Gasteiger partial charge in [-0.1, -0.05) is 30.3 Å². The maximum Gasteiger partial charge on any atom is 0.412 e. The number of amides is 2. The van der Waals surface area contributed by atoms with E-state index in [-0.39, 0.29) is 18.4 Å². The first kappa shape index (κ1) is 26.4. The van der Waals surface area contributed by atoms with Crippen LogP contribution in [0.2, 0.25) is 0 Å². The van der Waals surface area contributed by atoms with Gasteiger partial charge in [0.1, 0.15) is 5.75 Å². The predicted octanol–water partition coefficient (Wildman–Crippen LogP) is 4.98. The number of hydrogen-bond donors (Lipinski definition) is 4. The highest BCUT2D eigenvalue weighted by Gasteiger charge is 2.27. The summed E-state index contributed by atoms with van der Waals surface area (Å²) < 4.78 is 22.1. The molecular weight excluding hydrogens is 490 g/mol. The van der Waals surface area contributed by atoms with E-state index in [0.717, 1.165) is 0 Å². The zero-order chi connectivity index (χ0) is 26.9. The Morgan fingerprint density at radius 3 is 2.58 bits per heavy atom. The number of rotatable bonds is 10. The summed E-state index contributed by atoms with van der Waals surface area (Å²) in [7, 11) is 1.52. The molecule has 10 nitrogen and oxygen atoms in total. The largest absolute Gasteiger partial charge is 0.508 e. The number of methoxy groups -OCH3 is 1. The van der Waals surface area contributed by atoms with Gasteiger partial charge in [0.15, 0.2) is 17.6 Å². The summed E-state index contributed by atoms with van der Waals surface area (Å²) >= 11 is 0. The van der Waals surface area contributed by atoms with Gasteiger partial charge in [0, 0.05) is 18.9 Å². The first-order chi connectivity index (χ1) is 18.4. The first-order valence-electron chi connectivity index (χ1n) is 11.9. The number of nitrogens with two attached hydrogens (primary N) is 1. The third-order valence-electron chi connectivity index (χ3n) is 5.82. The lowest BCUT2D eigenvalue weighted by Crippen LogP contribution is -2.28. The summed E-state index contributed by atoms with van der Waals surface area (Å²) in [6.45, 7) is 0.123. The van der Waals surface area contributed by atoms with Gasteiger partial charge in [-0.05, 0) is 60.9 Å². The van der Waals surface area contributed by atoms with Crippen LogP contribution in [0.1, 0.15) is 24.5 Å². The standard InChI is InChI=1S/C28H29N3O7/c1-35-24(8-4-5-9-26(33)31-22-7-3-2-6-21(22)29)27(18-10-13-20(32)14-11-18)38-28(34)30-19-12-15-23-25(16-19)37-17-36-23/h2-3,5-7,9-16,24,27,32H,4,8,17,29H2,1H3,(H,30,34)(H,31,33)/b9-5+/t24-,27-/m1/s1. The average Bonchev–Trinajstić information content (AvgIpc) is 3.38. The van der Waals surface area contributed by atoms with Crippen molar-refractivity contribution in [2.75, 3.05) is 30.3 Å². The second-order valence-corrected chi connectivity index (χ2v) is 8.44. The van der Waals surface area contributed by atoms with Crippen molar-refractivity contribution in [2.24, 2.45) is 0 Å². The molecule has 0 aliphatic carbocycles. The molecule has 0 radical (unpaired) electrons. The number of hydrogen-bond acceptors (Lipinski definition) is 8. The number of aromatic hydroxyl groups is 1. The number of nitrogens with one attached hydrogen (secondary N) is 2. The summed E-state index contributed by atoms with van der Waals surface area (Å²) in [4.78, 5) is 25.1. The van der Waals surface area contributed by atoms with Crippen molar-refractivity contribution in [3.63, 3.8) is 0 Å². The van der Waals surface area contributed by atoms with Crippen molar-refractivity contribution < 1.29 is 33.6 Å². The number of fused-ring (bicyclic) bond motifs is 1. The molecule has 1 aliphatic rings. The van der Waals surface area contributed by atoms with Crippen LogP contribution in [0.25, 0.3) is 0 Å². The van der Waals surface area contributed by atoms with Gasteiger partial charge >= 0.3 is 6.09 Å². The molecule has 4 rings (SSSR count). The van der Waals surface area contributed by atoms with E-state index < -0.39 is 18.3 Å². The summed E-state index contributed by atoms with van der Waals surface area (Å²) in [6.07, 6.45) is 2.01. The Balaban J connectivity index is 1.39. The highest BCUT2D eigenvalue weighted by atomic mass is 16.7. The molecule has 0 unspecified atom stereocenters. The normalized spacial score (nSPS) is 13.6. The van der Waals surface area contributed by atoms with Crippen molar-refractivity contribution in [2.45, 2.75) is 25.0 Å². The lowest BCUT2D eigenvalue weighted by Gasteiger charge is -2.26. The number of phenols is 1. The van der Waals surface area contributed by atoms with Crippen LogP contribution in [-0.4, -0.2) is 37.1 Å². The number of anilines is 3. The molecular formula is C28H29N3O7. The smallest absolute Gasteiger partial charge is 0.412 e. The minimum Gasteiger partial charge on any atom is -0.508 e. The van der Waals surface area contributed by atoms with Crippen LogP contribution >= 0.6 is 0 Å². The number of benzene rings is 3. The van der Waals surface area contributed by atoms with Crippen molar-refractivity contribution in [1.82, 2.24) is 0 Å². The second-order valence-electron chi connectivity index (χ2n) is 8.44. The zero-order valence-electron chi connectivity index (χ0n) is 20.8. The van der Waals surface area contributed by atoms with Crippen LogP contribution in [0.3, 0.4) is 0 Å². The molecule has 2 amide bonds. The highest BCUT2D eigenvalue weighted by molar-refractivity contribution is 6.01. The van der Waals surface area contributed by atoms with E-state index in [4.69, 9.17) is 24.7 Å². The molecule has 0 spiro atoms. The number of phenolic OH excluding ortho intramolecular Hbond substituents is 1. The van der Waals surface area contributed by atoms with Gasteiger partial charge in [-0.15, -0.1) is 0 Å². The summed E-state index contributed by atoms with van der Waals surface area (Å²) in [5.74, 6) is 0.892. The summed E-state index contributed by atoms with van der Waals surface area (Å²) in [5.41, 5.74) is 7.98. The first-order valence-corrected chi connectivity index (χ1v) is 11.9. The fourth-order valence-corrected chi connectivity index (χ4v) is 3.89. The maximum absolute atomic E-state index is 12.8. The Kier molecular flexibility index (Phi) is 8.68. The molecule has 2 atom stereocenters. The molecule has 38 heavy (non-hydrogen) atoms. The van der Waals surface area contributed by atoms with Gasteiger partial charge in [0.05, 0.1) is 17.5 Å². The lowest BCUT2D eigenvalue weighted by molar-refractivity contribution is -0.111. The molecule has 3 aromatic carbocycles. The minimum atomic E-state index is -0.791. The van der Waals surface area contributed by atoms with Gasteiger partial charge in [-0.3, -0.25) is 10.1 Å².